The molecule has 3 aromatic carbocycles. The molecule has 0 unspecified atom stereocenters. The summed E-state index contributed by atoms with van der Waals surface area (Å²) in [5.74, 6) is 0.193. The summed E-state index contributed by atoms with van der Waals surface area (Å²) in [6.07, 6.45) is 1.02. The molecule has 14 heteroatoms. The van der Waals surface area contributed by atoms with Crippen LogP contribution in [-0.2, 0) is 10.0 Å². The van der Waals surface area contributed by atoms with E-state index in [0.29, 0.717) is 16.9 Å². The minimum atomic E-state index is -4.35. The molecule has 0 bridgehead atoms. The number of sulfonamides is 1. The Balaban J connectivity index is 1.81. The number of hydrazone groups is 1. The van der Waals surface area contributed by atoms with Crippen LogP contribution in [0.15, 0.2) is 75.5 Å². The molecule has 0 spiro atoms. The van der Waals surface area contributed by atoms with E-state index in [1.165, 1.54) is 26.4 Å². The van der Waals surface area contributed by atoms with Crippen LogP contribution in [-0.4, -0.2) is 43.4 Å². The molecule has 1 aromatic heterocycles. The summed E-state index contributed by atoms with van der Waals surface area (Å²) >= 11 is 5.76. The average molecular weight is 559 g/mol. The Hall–Kier alpha value is -4.62. The van der Waals surface area contributed by atoms with Gasteiger partial charge >= 0.3 is 0 Å². The van der Waals surface area contributed by atoms with Gasteiger partial charge in [0.05, 0.1) is 41.5 Å². The van der Waals surface area contributed by atoms with Crippen molar-refractivity contribution in [2.45, 2.75) is 4.90 Å². The molecule has 0 saturated carbocycles. The molecule has 4 rings (SSSR count). The van der Waals surface area contributed by atoms with Crippen LogP contribution in [0.1, 0.15) is 5.56 Å². The molecule has 0 amide bonds. The maximum Gasteiger partial charge on any atom is 0.289 e. The number of nitrogens with zero attached hydrogens (tertiary/aromatic N) is 3. The van der Waals surface area contributed by atoms with Crippen molar-refractivity contribution in [2.75, 3.05) is 14.2 Å². The van der Waals surface area contributed by atoms with Crippen LogP contribution in [0.25, 0.3) is 16.5 Å². The van der Waals surface area contributed by atoms with Crippen molar-refractivity contribution in [2.24, 2.45) is 5.10 Å². The second-order valence-corrected chi connectivity index (χ2v) is 9.75. The van der Waals surface area contributed by atoms with Gasteiger partial charge in [-0.05, 0) is 30.3 Å². The highest BCUT2D eigenvalue weighted by Crippen LogP contribution is 2.32. The molecule has 4 aromatic rings. The third-order valence-electron chi connectivity index (χ3n) is 5.52. The van der Waals surface area contributed by atoms with Crippen molar-refractivity contribution in [1.82, 2.24) is 9.40 Å². The molecular weight excluding hydrogens is 540 g/mol. The van der Waals surface area contributed by atoms with E-state index in [0.717, 1.165) is 29.0 Å². The van der Waals surface area contributed by atoms with E-state index in [1.807, 2.05) is 4.83 Å². The van der Waals surface area contributed by atoms with Gasteiger partial charge in [0.25, 0.3) is 21.3 Å². The molecule has 0 aliphatic heterocycles. The van der Waals surface area contributed by atoms with Crippen LogP contribution >= 0.6 is 11.6 Å². The number of halogens is 1. The summed E-state index contributed by atoms with van der Waals surface area (Å²) in [6.45, 7) is 0. The lowest BCUT2D eigenvalue weighted by Crippen LogP contribution is -2.21. The quantitative estimate of drug-likeness (QED) is 0.188. The second kappa shape index (κ2) is 10.4. The molecule has 0 aliphatic carbocycles. The minimum absolute atomic E-state index is 0.0276. The molecule has 2 N–H and O–H groups in total. The Morgan fingerprint density at radius 2 is 1.74 bits per heavy atom. The van der Waals surface area contributed by atoms with Gasteiger partial charge in [0.2, 0.25) is 5.88 Å². The molecular formula is C24H19ClN4O8S. The van der Waals surface area contributed by atoms with Crippen LogP contribution in [0, 0.1) is 10.1 Å². The van der Waals surface area contributed by atoms with Gasteiger partial charge in [0.1, 0.15) is 5.02 Å². The fourth-order valence-corrected chi connectivity index (χ4v) is 4.70. The fourth-order valence-electron chi connectivity index (χ4n) is 3.71. The second-order valence-electron chi connectivity index (χ2n) is 7.69. The summed E-state index contributed by atoms with van der Waals surface area (Å²) in [4.78, 5) is 25.1. The van der Waals surface area contributed by atoms with Gasteiger partial charge in [-0.2, -0.15) is 13.5 Å². The van der Waals surface area contributed by atoms with Gasteiger partial charge in [-0.25, -0.2) is 9.40 Å². The number of rotatable bonds is 8. The van der Waals surface area contributed by atoms with E-state index in [9.17, 15) is 28.4 Å². The van der Waals surface area contributed by atoms with Crippen molar-refractivity contribution in [3.8, 4) is 23.1 Å². The first-order valence-electron chi connectivity index (χ1n) is 10.7. The summed E-state index contributed by atoms with van der Waals surface area (Å²) in [5.41, 5.74) is -0.861. The Morgan fingerprint density at radius 3 is 2.39 bits per heavy atom. The number of nitrogens with one attached hydrogen (secondary N) is 1. The maximum atomic E-state index is 13.3. The zero-order chi connectivity index (χ0) is 27.6. The van der Waals surface area contributed by atoms with Gasteiger partial charge in [0, 0.05) is 22.9 Å². The first-order chi connectivity index (χ1) is 18.1. The molecule has 38 heavy (non-hydrogen) atoms. The number of hydrogen-bond donors (Lipinski definition) is 2. The zero-order valence-electron chi connectivity index (χ0n) is 19.8. The standard InChI is InChI=1S/C24H19ClN4O8S/c1-36-21-10-7-14(11-22(21)37-2)28-23(30)17-6-4-3-5-16(17)18(24(28)31)13-26-27-38(34,35)15-8-9-19(25)20(12-15)29(32)33/h3-13,27,31H,1-2H3/b26-13+. The lowest BCUT2D eigenvalue weighted by atomic mass is 10.1. The van der Waals surface area contributed by atoms with Gasteiger partial charge in [-0.1, -0.05) is 29.8 Å². The highest BCUT2D eigenvalue weighted by atomic mass is 35.5. The number of fused-ring (bicyclic) bond motifs is 1. The highest BCUT2D eigenvalue weighted by molar-refractivity contribution is 7.89. The molecule has 0 fully saturated rings. The Kier molecular flexibility index (Phi) is 7.23. The molecule has 0 radical (unpaired) electrons. The molecule has 0 atom stereocenters. The van der Waals surface area contributed by atoms with Crippen LogP contribution in [0.3, 0.4) is 0 Å². The Labute approximate surface area is 220 Å². The number of ether oxygens (including phenoxy) is 2. The SMILES string of the molecule is COc1ccc(-n2c(O)c(/C=N/NS(=O)(=O)c3ccc(Cl)c([N+](=O)[O-])c3)c3ccccc3c2=O)cc1OC. The van der Waals surface area contributed by atoms with Crippen molar-refractivity contribution < 1.29 is 27.9 Å². The fraction of sp³-hybridized carbons (Fsp3) is 0.0833. The number of methoxy groups -OCH3 is 2. The number of benzene rings is 3. The third kappa shape index (κ3) is 4.84. The monoisotopic (exact) mass is 558 g/mol. The third-order valence-corrected chi connectivity index (χ3v) is 7.06. The van der Waals surface area contributed by atoms with E-state index in [4.69, 9.17) is 21.1 Å². The lowest BCUT2D eigenvalue weighted by molar-refractivity contribution is -0.384. The first-order valence-corrected chi connectivity index (χ1v) is 12.5. The van der Waals surface area contributed by atoms with Gasteiger partial charge < -0.3 is 14.6 Å². The minimum Gasteiger partial charge on any atom is -0.494 e. The summed E-state index contributed by atoms with van der Waals surface area (Å²) in [7, 11) is -1.47. The number of hydrogen-bond acceptors (Lipinski definition) is 9. The average Bonchev–Trinajstić information content (AvgIpc) is 2.90. The Morgan fingerprint density at radius 1 is 1.05 bits per heavy atom. The molecule has 0 aliphatic rings. The number of aromatic hydroxyl groups is 1. The van der Waals surface area contributed by atoms with E-state index < -0.39 is 37.0 Å². The molecule has 0 saturated heterocycles. The zero-order valence-corrected chi connectivity index (χ0v) is 21.4. The van der Waals surface area contributed by atoms with Gasteiger partial charge in [-0.15, -0.1) is 0 Å². The molecule has 12 nitrogen and oxygen atoms in total. The van der Waals surface area contributed by atoms with E-state index in [1.54, 1.807) is 30.3 Å². The first kappa shape index (κ1) is 26.4. The van der Waals surface area contributed by atoms with Crippen LogP contribution in [0.2, 0.25) is 5.02 Å². The van der Waals surface area contributed by atoms with Crippen LogP contribution in [0.4, 0.5) is 5.69 Å². The smallest absolute Gasteiger partial charge is 0.289 e. The largest absolute Gasteiger partial charge is 0.494 e. The summed E-state index contributed by atoms with van der Waals surface area (Å²) in [5, 5.41) is 26.3. The lowest BCUT2D eigenvalue weighted by Gasteiger charge is -2.15. The predicted molar refractivity (Wildman–Crippen MR) is 140 cm³/mol. The van der Waals surface area contributed by atoms with E-state index >= 15 is 0 Å². The summed E-state index contributed by atoms with van der Waals surface area (Å²) < 4.78 is 36.9. The van der Waals surface area contributed by atoms with Crippen molar-refractivity contribution in [3.63, 3.8) is 0 Å². The van der Waals surface area contributed by atoms with E-state index in [2.05, 4.69) is 5.10 Å². The maximum absolute atomic E-state index is 13.3. The van der Waals surface area contributed by atoms with Gasteiger partial charge in [-0.3, -0.25) is 14.9 Å². The number of nitro benzene ring substituents is 1. The van der Waals surface area contributed by atoms with Crippen molar-refractivity contribution in [1.29, 1.82) is 0 Å². The Bertz CT molecular complexity index is 1770. The summed E-state index contributed by atoms with van der Waals surface area (Å²) in [6, 6.07) is 13.9. The van der Waals surface area contributed by atoms with E-state index in [-0.39, 0.29) is 21.7 Å². The molecule has 196 valence electrons. The topological polar surface area (TPSA) is 162 Å². The highest BCUT2D eigenvalue weighted by Gasteiger charge is 2.21. The number of nitro groups is 1. The normalized spacial score (nSPS) is 11.6. The van der Waals surface area contributed by atoms with Crippen molar-refractivity contribution in [3.05, 3.63) is 91.7 Å². The number of pyridine rings is 1. The predicted octanol–water partition coefficient (Wildman–Crippen LogP) is 3.59. The molecule has 1 heterocycles. The number of aromatic nitrogens is 1. The van der Waals surface area contributed by atoms with Crippen molar-refractivity contribution >= 4 is 44.3 Å². The van der Waals surface area contributed by atoms with Gasteiger partial charge in [0.15, 0.2) is 11.5 Å². The van der Waals surface area contributed by atoms with Crippen LogP contribution < -0.4 is 19.9 Å². The van der Waals surface area contributed by atoms with Crippen LogP contribution in [0.5, 0.6) is 17.4 Å².